The van der Waals surface area contributed by atoms with Gasteiger partial charge in [-0.3, -0.25) is 9.59 Å². The normalized spacial score (nSPS) is 24.1. The highest BCUT2D eigenvalue weighted by atomic mass is 35.5. The lowest BCUT2D eigenvalue weighted by atomic mass is 9.79. The molecule has 2 saturated heterocycles. The van der Waals surface area contributed by atoms with Crippen LogP contribution in [0.1, 0.15) is 31.2 Å². The molecule has 1 aromatic carbocycles. The van der Waals surface area contributed by atoms with E-state index in [0.717, 1.165) is 44.5 Å². The van der Waals surface area contributed by atoms with Crippen LogP contribution < -0.4 is 10.6 Å². The zero-order valence-corrected chi connectivity index (χ0v) is 14.6. The van der Waals surface area contributed by atoms with Gasteiger partial charge >= 0.3 is 0 Å². The van der Waals surface area contributed by atoms with Gasteiger partial charge in [-0.25, -0.2) is 0 Å². The van der Waals surface area contributed by atoms with Gasteiger partial charge in [0.15, 0.2) is 0 Å². The summed E-state index contributed by atoms with van der Waals surface area (Å²) in [6.07, 6.45) is 3.40. The van der Waals surface area contributed by atoms with Gasteiger partial charge in [0.1, 0.15) is 0 Å². The summed E-state index contributed by atoms with van der Waals surface area (Å²) >= 11 is 5.85. The molecule has 2 heterocycles. The summed E-state index contributed by atoms with van der Waals surface area (Å²) in [5.74, 6) is 0.238. The quantitative estimate of drug-likeness (QED) is 0.854. The van der Waals surface area contributed by atoms with E-state index in [1.807, 2.05) is 24.3 Å². The van der Waals surface area contributed by atoms with Crippen molar-refractivity contribution < 1.29 is 9.59 Å². The van der Waals surface area contributed by atoms with Gasteiger partial charge in [-0.2, -0.15) is 0 Å². The number of hydrogen-bond acceptors (Lipinski definition) is 3. The minimum Gasteiger partial charge on any atom is -0.356 e. The molecule has 1 aromatic rings. The lowest BCUT2D eigenvalue weighted by Gasteiger charge is -2.32. The van der Waals surface area contributed by atoms with Gasteiger partial charge in [0, 0.05) is 37.6 Å². The highest BCUT2D eigenvalue weighted by molar-refractivity contribution is 6.30. The number of nitrogens with one attached hydrogen (secondary N) is 2. The first kappa shape index (κ1) is 17.2. The number of benzene rings is 1. The Bertz CT molecular complexity index is 605. The van der Waals surface area contributed by atoms with Crippen molar-refractivity contribution in [3.8, 4) is 0 Å². The minimum atomic E-state index is -0.210. The molecule has 0 bridgehead atoms. The van der Waals surface area contributed by atoms with Crippen molar-refractivity contribution in [2.75, 3.05) is 26.2 Å². The number of nitrogens with zero attached hydrogens (tertiary/aromatic N) is 1. The Labute approximate surface area is 147 Å². The van der Waals surface area contributed by atoms with Crippen LogP contribution in [0, 0.1) is 5.41 Å². The number of carbonyl (C=O) groups is 2. The number of hydrogen-bond donors (Lipinski definition) is 2. The molecule has 0 radical (unpaired) electrons. The van der Waals surface area contributed by atoms with E-state index in [0.29, 0.717) is 24.5 Å². The summed E-state index contributed by atoms with van der Waals surface area (Å²) < 4.78 is 0. The maximum atomic E-state index is 12.2. The first-order valence-corrected chi connectivity index (χ1v) is 8.97. The zero-order chi connectivity index (χ0) is 17.0. The Morgan fingerprint density at radius 2 is 2.08 bits per heavy atom. The summed E-state index contributed by atoms with van der Waals surface area (Å²) in [5, 5.41) is 6.62. The predicted molar refractivity (Wildman–Crippen MR) is 93.6 cm³/mol. The van der Waals surface area contributed by atoms with E-state index in [4.69, 9.17) is 11.6 Å². The van der Waals surface area contributed by atoms with Crippen LogP contribution in [0.25, 0.3) is 0 Å². The molecule has 6 heteroatoms. The van der Waals surface area contributed by atoms with Crippen LogP contribution in [0.2, 0.25) is 5.02 Å². The number of carbonyl (C=O) groups excluding carboxylic acids is 2. The first-order valence-electron chi connectivity index (χ1n) is 8.59. The fourth-order valence-corrected chi connectivity index (χ4v) is 3.75. The lowest BCUT2D eigenvalue weighted by molar-refractivity contribution is -0.132. The maximum absolute atomic E-state index is 12.2. The summed E-state index contributed by atoms with van der Waals surface area (Å²) in [5.41, 5.74) is 0.824. The average Bonchev–Trinajstić information content (AvgIpc) is 2.99. The van der Waals surface area contributed by atoms with Crippen LogP contribution in [0.5, 0.6) is 0 Å². The Hall–Kier alpha value is -1.59. The number of likely N-dealkylation sites (tertiary alicyclic amines) is 1. The van der Waals surface area contributed by atoms with Crippen molar-refractivity contribution in [1.29, 1.82) is 0 Å². The van der Waals surface area contributed by atoms with Crippen molar-refractivity contribution in [3.63, 3.8) is 0 Å². The van der Waals surface area contributed by atoms with Crippen LogP contribution in [-0.4, -0.2) is 42.9 Å². The highest BCUT2D eigenvalue weighted by Gasteiger charge is 2.45. The van der Waals surface area contributed by atoms with Crippen LogP contribution >= 0.6 is 11.6 Å². The fraction of sp³-hybridized carbons (Fsp3) is 0.556. The lowest BCUT2D eigenvalue weighted by Crippen LogP contribution is -2.47. The van der Waals surface area contributed by atoms with Gasteiger partial charge in [0.2, 0.25) is 11.8 Å². The molecule has 1 atom stereocenters. The Morgan fingerprint density at radius 1 is 1.29 bits per heavy atom. The van der Waals surface area contributed by atoms with Gasteiger partial charge in [-0.05, 0) is 43.5 Å². The Balaban J connectivity index is 1.40. The molecule has 1 spiro atoms. The molecule has 1 unspecified atom stereocenters. The molecule has 0 saturated carbocycles. The summed E-state index contributed by atoms with van der Waals surface area (Å²) in [6.45, 7) is 3.71. The monoisotopic (exact) mass is 349 g/mol. The topological polar surface area (TPSA) is 61.4 Å². The first-order chi connectivity index (χ1) is 11.6. The van der Waals surface area contributed by atoms with Crippen molar-refractivity contribution in [1.82, 2.24) is 15.5 Å². The van der Waals surface area contributed by atoms with Gasteiger partial charge in [0.05, 0.1) is 5.41 Å². The van der Waals surface area contributed by atoms with E-state index in [-0.39, 0.29) is 17.2 Å². The fourth-order valence-electron chi connectivity index (χ4n) is 3.62. The van der Waals surface area contributed by atoms with Crippen molar-refractivity contribution in [2.24, 2.45) is 5.41 Å². The molecule has 2 fully saturated rings. The third-order valence-electron chi connectivity index (χ3n) is 5.09. The van der Waals surface area contributed by atoms with Gasteiger partial charge in [-0.1, -0.05) is 23.7 Å². The molecule has 24 heavy (non-hydrogen) atoms. The summed E-state index contributed by atoms with van der Waals surface area (Å²) in [6, 6.07) is 7.47. The number of rotatable bonds is 5. The third kappa shape index (κ3) is 4.08. The third-order valence-corrected chi connectivity index (χ3v) is 5.34. The van der Waals surface area contributed by atoms with Crippen LogP contribution in [0.4, 0.5) is 0 Å². The van der Waals surface area contributed by atoms with E-state index in [1.54, 1.807) is 0 Å². The minimum absolute atomic E-state index is 0.0407. The maximum Gasteiger partial charge on any atom is 0.227 e. The SMILES string of the molecule is O=C(CCN1CCC2(CCCNC2=O)C1)NCc1ccc(Cl)cc1. The highest BCUT2D eigenvalue weighted by Crippen LogP contribution is 2.37. The largest absolute Gasteiger partial charge is 0.356 e. The van der Waals surface area contributed by atoms with E-state index in [2.05, 4.69) is 15.5 Å². The molecule has 2 aliphatic heterocycles. The van der Waals surface area contributed by atoms with E-state index >= 15 is 0 Å². The smallest absolute Gasteiger partial charge is 0.227 e. The summed E-state index contributed by atoms with van der Waals surface area (Å²) in [7, 11) is 0. The molecule has 0 aromatic heterocycles. The molecular weight excluding hydrogens is 326 g/mol. The standard InChI is InChI=1S/C18H24ClN3O2/c19-15-4-2-14(3-5-15)12-21-16(23)6-10-22-11-8-18(13-22)7-1-9-20-17(18)24/h2-5H,1,6-13H2,(H,20,24)(H,21,23). The Kier molecular flexibility index (Phi) is 5.41. The molecule has 2 N–H and O–H groups in total. The number of piperidine rings is 1. The van der Waals surface area contributed by atoms with Gasteiger partial charge in [-0.15, -0.1) is 0 Å². The van der Waals surface area contributed by atoms with Gasteiger partial charge in [0.25, 0.3) is 0 Å². The second kappa shape index (κ2) is 7.53. The van der Waals surface area contributed by atoms with Crippen molar-refractivity contribution in [2.45, 2.75) is 32.2 Å². The van der Waals surface area contributed by atoms with Crippen LogP contribution in [0.15, 0.2) is 24.3 Å². The number of halogens is 1. The second-order valence-corrected chi connectivity index (χ2v) is 7.26. The second-order valence-electron chi connectivity index (χ2n) is 6.82. The molecule has 5 nitrogen and oxygen atoms in total. The molecule has 2 amide bonds. The average molecular weight is 350 g/mol. The Morgan fingerprint density at radius 3 is 2.83 bits per heavy atom. The molecular formula is C18H24ClN3O2. The van der Waals surface area contributed by atoms with E-state index in [9.17, 15) is 9.59 Å². The number of amides is 2. The van der Waals surface area contributed by atoms with Crippen LogP contribution in [0.3, 0.4) is 0 Å². The molecule has 3 rings (SSSR count). The molecule has 2 aliphatic rings. The molecule has 130 valence electrons. The van der Waals surface area contributed by atoms with Gasteiger partial charge < -0.3 is 15.5 Å². The predicted octanol–water partition coefficient (Wildman–Crippen LogP) is 1.95. The van der Waals surface area contributed by atoms with E-state index in [1.165, 1.54) is 0 Å². The van der Waals surface area contributed by atoms with Crippen LogP contribution in [-0.2, 0) is 16.1 Å². The zero-order valence-electron chi connectivity index (χ0n) is 13.8. The van der Waals surface area contributed by atoms with E-state index < -0.39 is 0 Å². The molecule has 0 aliphatic carbocycles. The summed E-state index contributed by atoms with van der Waals surface area (Å²) in [4.78, 5) is 26.4. The van der Waals surface area contributed by atoms with Crippen molar-refractivity contribution in [3.05, 3.63) is 34.9 Å². The van der Waals surface area contributed by atoms with Crippen molar-refractivity contribution >= 4 is 23.4 Å².